The first kappa shape index (κ1) is 14.2. The van der Waals surface area contributed by atoms with E-state index in [1.54, 1.807) is 11.3 Å². The standard InChI is InChI=1S/C15H19N5S/c1-15(2,3)16-10-9-12-19-20-13(17-18-14(20)21-12)11-7-5-4-6-8-11/h4-8,16H,9-10H2,1-3H3. The van der Waals surface area contributed by atoms with Gasteiger partial charge in [0.25, 0.3) is 0 Å². The average molecular weight is 301 g/mol. The first-order valence-corrected chi connectivity index (χ1v) is 7.86. The van der Waals surface area contributed by atoms with Crippen molar-refractivity contribution in [2.24, 2.45) is 0 Å². The summed E-state index contributed by atoms with van der Waals surface area (Å²) >= 11 is 1.60. The molecule has 0 atom stereocenters. The van der Waals surface area contributed by atoms with E-state index in [1.165, 1.54) is 0 Å². The number of fused-ring (bicyclic) bond motifs is 1. The summed E-state index contributed by atoms with van der Waals surface area (Å²) in [4.78, 5) is 0.847. The number of nitrogens with one attached hydrogen (secondary N) is 1. The lowest BCUT2D eigenvalue weighted by Gasteiger charge is -2.19. The number of benzene rings is 1. The highest BCUT2D eigenvalue weighted by atomic mass is 32.1. The van der Waals surface area contributed by atoms with Crippen molar-refractivity contribution in [2.75, 3.05) is 6.54 Å². The Hall–Kier alpha value is -1.79. The number of hydrogen-bond donors (Lipinski definition) is 1. The molecule has 1 N–H and O–H groups in total. The molecule has 1 aromatic carbocycles. The first-order chi connectivity index (χ1) is 10.0. The van der Waals surface area contributed by atoms with E-state index < -0.39 is 0 Å². The maximum atomic E-state index is 4.64. The molecule has 3 rings (SSSR count). The monoisotopic (exact) mass is 301 g/mol. The van der Waals surface area contributed by atoms with Crippen LogP contribution in [0, 0.1) is 0 Å². The van der Waals surface area contributed by atoms with Crippen LogP contribution in [0.5, 0.6) is 0 Å². The Morgan fingerprint density at radius 2 is 1.90 bits per heavy atom. The van der Waals surface area contributed by atoms with Gasteiger partial charge < -0.3 is 5.32 Å². The molecule has 0 spiro atoms. The van der Waals surface area contributed by atoms with Crippen molar-refractivity contribution in [1.82, 2.24) is 25.1 Å². The third-order valence-corrected chi connectivity index (χ3v) is 4.02. The van der Waals surface area contributed by atoms with Crippen molar-refractivity contribution >= 4 is 16.3 Å². The summed E-state index contributed by atoms with van der Waals surface area (Å²) in [7, 11) is 0. The van der Waals surface area contributed by atoms with Crippen LogP contribution in [0.3, 0.4) is 0 Å². The average Bonchev–Trinajstić information content (AvgIpc) is 2.98. The van der Waals surface area contributed by atoms with E-state index in [-0.39, 0.29) is 5.54 Å². The summed E-state index contributed by atoms with van der Waals surface area (Å²) in [5.74, 6) is 0.803. The van der Waals surface area contributed by atoms with Gasteiger partial charge in [-0.25, -0.2) is 0 Å². The Kier molecular flexibility index (Phi) is 3.73. The van der Waals surface area contributed by atoms with Crippen molar-refractivity contribution in [3.8, 4) is 11.4 Å². The summed E-state index contributed by atoms with van der Waals surface area (Å²) in [5, 5.41) is 17.6. The molecule has 0 radical (unpaired) electrons. The molecule has 110 valence electrons. The quantitative estimate of drug-likeness (QED) is 0.805. The fraction of sp³-hybridized carbons (Fsp3) is 0.400. The van der Waals surface area contributed by atoms with E-state index in [0.717, 1.165) is 34.3 Å². The lowest BCUT2D eigenvalue weighted by Crippen LogP contribution is -2.37. The van der Waals surface area contributed by atoms with Crippen LogP contribution in [0.2, 0.25) is 0 Å². The number of nitrogens with zero attached hydrogens (tertiary/aromatic N) is 4. The van der Waals surface area contributed by atoms with Gasteiger partial charge in [-0.3, -0.25) is 0 Å². The van der Waals surface area contributed by atoms with Crippen molar-refractivity contribution in [1.29, 1.82) is 0 Å². The SMILES string of the molecule is CC(C)(C)NCCc1nn2c(-c3ccccc3)nnc2s1. The van der Waals surface area contributed by atoms with Crippen LogP contribution < -0.4 is 5.32 Å². The van der Waals surface area contributed by atoms with Crippen LogP contribution >= 0.6 is 11.3 Å². The molecule has 2 aromatic heterocycles. The molecule has 0 aliphatic heterocycles. The summed E-state index contributed by atoms with van der Waals surface area (Å²) in [5.41, 5.74) is 1.17. The van der Waals surface area contributed by atoms with E-state index in [0.29, 0.717) is 0 Å². The molecular weight excluding hydrogens is 282 g/mol. The number of rotatable bonds is 4. The molecule has 0 bridgehead atoms. The number of aromatic nitrogens is 4. The fourth-order valence-electron chi connectivity index (χ4n) is 2.07. The van der Waals surface area contributed by atoms with Gasteiger partial charge in [-0.05, 0) is 20.8 Å². The second kappa shape index (κ2) is 5.54. The molecule has 0 saturated heterocycles. The minimum absolute atomic E-state index is 0.133. The van der Waals surface area contributed by atoms with Crippen LogP contribution in [-0.2, 0) is 6.42 Å². The third-order valence-electron chi connectivity index (χ3n) is 3.06. The number of hydrogen-bond acceptors (Lipinski definition) is 5. The zero-order valence-electron chi connectivity index (χ0n) is 12.5. The largest absolute Gasteiger partial charge is 0.312 e. The molecule has 21 heavy (non-hydrogen) atoms. The van der Waals surface area contributed by atoms with Gasteiger partial charge in [0.2, 0.25) is 4.96 Å². The third kappa shape index (κ3) is 3.28. The first-order valence-electron chi connectivity index (χ1n) is 7.04. The van der Waals surface area contributed by atoms with Gasteiger partial charge in [0.1, 0.15) is 5.01 Å². The van der Waals surface area contributed by atoms with Crippen molar-refractivity contribution < 1.29 is 0 Å². The topological polar surface area (TPSA) is 55.1 Å². The van der Waals surface area contributed by atoms with Gasteiger partial charge in [0.05, 0.1) is 0 Å². The molecule has 0 unspecified atom stereocenters. The van der Waals surface area contributed by atoms with E-state index in [9.17, 15) is 0 Å². The zero-order chi connectivity index (χ0) is 14.9. The summed E-state index contributed by atoms with van der Waals surface area (Å²) < 4.78 is 1.84. The molecule has 6 heteroatoms. The molecule has 0 aliphatic carbocycles. The second-order valence-corrected chi connectivity index (χ2v) is 7.05. The minimum atomic E-state index is 0.133. The Bertz CT molecular complexity index is 723. The Morgan fingerprint density at radius 3 is 2.62 bits per heavy atom. The predicted molar refractivity (Wildman–Crippen MR) is 85.6 cm³/mol. The van der Waals surface area contributed by atoms with E-state index in [1.807, 2.05) is 34.8 Å². The van der Waals surface area contributed by atoms with Crippen molar-refractivity contribution in [3.05, 3.63) is 35.3 Å². The van der Waals surface area contributed by atoms with E-state index >= 15 is 0 Å². The molecule has 5 nitrogen and oxygen atoms in total. The molecule has 0 fully saturated rings. The lowest BCUT2D eigenvalue weighted by atomic mass is 10.1. The second-order valence-electron chi connectivity index (χ2n) is 6.01. The maximum absolute atomic E-state index is 4.64. The van der Waals surface area contributed by atoms with Crippen LogP contribution in [0.15, 0.2) is 30.3 Å². The smallest absolute Gasteiger partial charge is 0.234 e. The van der Waals surface area contributed by atoms with Gasteiger partial charge >= 0.3 is 0 Å². The van der Waals surface area contributed by atoms with Crippen LogP contribution in [0.1, 0.15) is 25.8 Å². The fourth-order valence-corrected chi connectivity index (χ4v) is 2.90. The summed E-state index contributed by atoms with van der Waals surface area (Å²) in [6, 6.07) is 10.0. The lowest BCUT2D eigenvalue weighted by molar-refractivity contribution is 0.429. The van der Waals surface area contributed by atoms with Gasteiger partial charge in [-0.2, -0.15) is 9.61 Å². The van der Waals surface area contributed by atoms with Crippen molar-refractivity contribution in [2.45, 2.75) is 32.7 Å². The Morgan fingerprint density at radius 1 is 1.14 bits per heavy atom. The van der Waals surface area contributed by atoms with E-state index in [2.05, 4.69) is 41.4 Å². The molecule has 0 amide bonds. The molecular formula is C15H19N5S. The predicted octanol–water partition coefficient (Wildman–Crippen LogP) is 2.78. The van der Waals surface area contributed by atoms with Gasteiger partial charge in [-0.1, -0.05) is 41.7 Å². The molecule has 3 aromatic rings. The normalized spacial score (nSPS) is 12.1. The highest BCUT2D eigenvalue weighted by molar-refractivity contribution is 7.16. The summed E-state index contributed by atoms with van der Waals surface area (Å²) in [6.07, 6.45) is 0.902. The minimum Gasteiger partial charge on any atom is -0.312 e. The van der Waals surface area contributed by atoms with E-state index in [4.69, 9.17) is 0 Å². The van der Waals surface area contributed by atoms with Gasteiger partial charge in [0, 0.05) is 24.1 Å². The molecule has 0 aliphatic rings. The van der Waals surface area contributed by atoms with Crippen LogP contribution in [0.25, 0.3) is 16.3 Å². The molecule has 0 saturated carbocycles. The van der Waals surface area contributed by atoms with Crippen LogP contribution in [-0.4, -0.2) is 31.9 Å². The van der Waals surface area contributed by atoms with Gasteiger partial charge in [-0.15, -0.1) is 10.2 Å². The highest BCUT2D eigenvalue weighted by Crippen LogP contribution is 2.21. The maximum Gasteiger partial charge on any atom is 0.234 e. The highest BCUT2D eigenvalue weighted by Gasteiger charge is 2.14. The van der Waals surface area contributed by atoms with Crippen molar-refractivity contribution in [3.63, 3.8) is 0 Å². The molecule has 2 heterocycles. The Balaban J connectivity index is 1.80. The Labute approximate surface area is 128 Å². The van der Waals surface area contributed by atoms with Gasteiger partial charge in [0.15, 0.2) is 5.82 Å². The summed E-state index contributed by atoms with van der Waals surface area (Å²) in [6.45, 7) is 7.41. The zero-order valence-corrected chi connectivity index (χ0v) is 13.3. The van der Waals surface area contributed by atoms with Crippen LogP contribution in [0.4, 0.5) is 0 Å².